The average molecular weight is 293 g/mol. The molecule has 0 unspecified atom stereocenters. The Morgan fingerprint density at radius 2 is 2.19 bits per heavy atom. The van der Waals surface area contributed by atoms with Crippen molar-refractivity contribution in [2.75, 3.05) is 13.1 Å². The van der Waals surface area contributed by atoms with Crippen molar-refractivity contribution in [2.45, 2.75) is 45.3 Å². The summed E-state index contributed by atoms with van der Waals surface area (Å²) in [7, 11) is 0. The molecule has 1 saturated heterocycles. The number of aromatic amines is 1. The maximum Gasteiger partial charge on any atom is 0.410 e. The smallest absolute Gasteiger partial charge is 0.410 e. The van der Waals surface area contributed by atoms with Gasteiger partial charge in [-0.05, 0) is 45.7 Å². The lowest BCUT2D eigenvalue weighted by Crippen LogP contribution is -2.50. The van der Waals surface area contributed by atoms with E-state index in [1.54, 1.807) is 23.2 Å². The molecule has 1 aromatic rings. The van der Waals surface area contributed by atoms with E-state index in [2.05, 4.69) is 10.3 Å². The molecule has 0 aromatic carbocycles. The maximum absolute atomic E-state index is 12.1. The summed E-state index contributed by atoms with van der Waals surface area (Å²) in [5, 5.41) is 2.95. The van der Waals surface area contributed by atoms with Crippen molar-refractivity contribution in [2.24, 2.45) is 0 Å². The Bertz CT molecular complexity index is 491. The summed E-state index contributed by atoms with van der Waals surface area (Å²) in [5.74, 6) is -0.143. The minimum atomic E-state index is -0.502. The number of carbonyl (C=O) groups excluding carboxylic acids is 2. The number of rotatable bonds is 2. The molecule has 0 aliphatic carbocycles. The molecule has 2 amide bonds. The second-order valence-electron chi connectivity index (χ2n) is 6.32. The highest BCUT2D eigenvalue weighted by Crippen LogP contribution is 2.15. The molecule has 6 heteroatoms. The summed E-state index contributed by atoms with van der Waals surface area (Å²) >= 11 is 0. The zero-order valence-corrected chi connectivity index (χ0v) is 12.8. The van der Waals surface area contributed by atoms with Crippen LogP contribution >= 0.6 is 0 Å². The normalized spacial score (nSPS) is 19.2. The van der Waals surface area contributed by atoms with Crippen molar-refractivity contribution in [3.63, 3.8) is 0 Å². The first-order valence-electron chi connectivity index (χ1n) is 7.27. The average Bonchev–Trinajstić information content (AvgIpc) is 2.91. The second-order valence-corrected chi connectivity index (χ2v) is 6.32. The zero-order valence-electron chi connectivity index (χ0n) is 12.8. The van der Waals surface area contributed by atoms with E-state index in [9.17, 15) is 9.59 Å². The molecule has 0 bridgehead atoms. The number of amides is 2. The highest BCUT2D eigenvalue weighted by molar-refractivity contribution is 5.92. The van der Waals surface area contributed by atoms with Crippen molar-refractivity contribution >= 4 is 12.0 Å². The minimum Gasteiger partial charge on any atom is -0.444 e. The largest absolute Gasteiger partial charge is 0.444 e. The first-order chi connectivity index (χ1) is 9.85. The molecule has 1 atom stereocenters. The molecule has 0 radical (unpaired) electrons. The van der Waals surface area contributed by atoms with Gasteiger partial charge < -0.3 is 19.9 Å². The highest BCUT2D eigenvalue weighted by Gasteiger charge is 2.28. The number of ether oxygens (including phenoxy) is 1. The van der Waals surface area contributed by atoms with Gasteiger partial charge >= 0.3 is 6.09 Å². The molecule has 2 heterocycles. The number of aromatic nitrogens is 1. The molecule has 0 saturated carbocycles. The van der Waals surface area contributed by atoms with E-state index in [4.69, 9.17) is 4.74 Å². The Hall–Kier alpha value is -1.98. The van der Waals surface area contributed by atoms with Gasteiger partial charge in [-0.1, -0.05) is 0 Å². The van der Waals surface area contributed by atoms with Crippen LogP contribution in [-0.2, 0) is 4.74 Å². The van der Waals surface area contributed by atoms with Crippen LogP contribution in [-0.4, -0.2) is 46.6 Å². The highest BCUT2D eigenvalue weighted by atomic mass is 16.6. The van der Waals surface area contributed by atoms with Crippen LogP contribution in [0.25, 0.3) is 0 Å². The molecule has 21 heavy (non-hydrogen) atoms. The van der Waals surface area contributed by atoms with E-state index in [1.165, 1.54) is 0 Å². The Labute approximate surface area is 124 Å². The number of nitrogens with one attached hydrogen (secondary N) is 2. The van der Waals surface area contributed by atoms with Gasteiger partial charge in [0.2, 0.25) is 0 Å². The fourth-order valence-electron chi connectivity index (χ4n) is 2.32. The number of hydrogen-bond acceptors (Lipinski definition) is 3. The number of hydrogen-bond donors (Lipinski definition) is 2. The van der Waals surface area contributed by atoms with Crippen LogP contribution in [0.5, 0.6) is 0 Å². The zero-order chi connectivity index (χ0) is 15.5. The number of likely N-dealkylation sites (tertiary alicyclic amines) is 1. The summed E-state index contributed by atoms with van der Waals surface area (Å²) in [4.78, 5) is 28.6. The van der Waals surface area contributed by atoms with Crippen LogP contribution in [0.15, 0.2) is 18.3 Å². The van der Waals surface area contributed by atoms with Crippen molar-refractivity contribution in [3.8, 4) is 0 Å². The van der Waals surface area contributed by atoms with Crippen molar-refractivity contribution in [1.29, 1.82) is 0 Å². The Morgan fingerprint density at radius 1 is 1.43 bits per heavy atom. The summed E-state index contributed by atoms with van der Waals surface area (Å²) in [6.07, 6.45) is 3.12. The fourth-order valence-corrected chi connectivity index (χ4v) is 2.32. The summed E-state index contributed by atoms with van der Waals surface area (Å²) in [6.45, 7) is 6.70. The van der Waals surface area contributed by atoms with Crippen molar-refractivity contribution in [1.82, 2.24) is 15.2 Å². The standard InChI is InChI=1S/C15H23N3O3/c1-15(2,3)21-14(20)18-9-5-6-11(10-18)17-13(19)12-7-4-8-16-12/h4,7-8,11,16H,5-6,9-10H2,1-3H3,(H,17,19)/t11-/m0/s1. The molecule has 1 aromatic heterocycles. The van der Waals surface area contributed by atoms with E-state index in [-0.39, 0.29) is 18.0 Å². The molecule has 1 fully saturated rings. The molecule has 116 valence electrons. The monoisotopic (exact) mass is 293 g/mol. The van der Waals surface area contributed by atoms with Gasteiger partial charge in [-0.15, -0.1) is 0 Å². The van der Waals surface area contributed by atoms with Crippen LogP contribution in [0.1, 0.15) is 44.1 Å². The van der Waals surface area contributed by atoms with Crippen LogP contribution in [0.4, 0.5) is 4.79 Å². The van der Waals surface area contributed by atoms with Crippen molar-refractivity contribution < 1.29 is 14.3 Å². The molecular weight excluding hydrogens is 270 g/mol. The van der Waals surface area contributed by atoms with Gasteiger partial charge in [0.1, 0.15) is 11.3 Å². The third kappa shape index (κ3) is 4.51. The lowest BCUT2D eigenvalue weighted by atomic mass is 10.1. The van der Waals surface area contributed by atoms with Crippen LogP contribution in [0.2, 0.25) is 0 Å². The molecule has 1 aliphatic heterocycles. The quantitative estimate of drug-likeness (QED) is 0.877. The third-order valence-electron chi connectivity index (χ3n) is 3.25. The third-order valence-corrected chi connectivity index (χ3v) is 3.25. The van der Waals surface area contributed by atoms with E-state index >= 15 is 0 Å². The Morgan fingerprint density at radius 3 is 2.81 bits per heavy atom. The van der Waals surface area contributed by atoms with E-state index in [1.807, 2.05) is 20.8 Å². The van der Waals surface area contributed by atoms with Crippen LogP contribution in [0, 0.1) is 0 Å². The minimum absolute atomic E-state index is 0.0398. The topological polar surface area (TPSA) is 74.4 Å². The second kappa shape index (κ2) is 6.20. The fraction of sp³-hybridized carbons (Fsp3) is 0.600. The van der Waals surface area contributed by atoms with Crippen LogP contribution < -0.4 is 5.32 Å². The van der Waals surface area contributed by atoms with E-state index < -0.39 is 5.60 Å². The lowest BCUT2D eigenvalue weighted by Gasteiger charge is -2.34. The predicted octanol–water partition coefficient (Wildman–Crippen LogP) is 2.14. The lowest BCUT2D eigenvalue weighted by molar-refractivity contribution is 0.0185. The van der Waals surface area contributed by atoms with Gasteiger partial charge in [0.25, 0.3) is 5.91 Å². The van der Waals surface area contributed by atoms with E-state index in [0.717, 1.165) is 12.8 Å². The molecule has 2 N–H and O–H groups in total. The van der Waals surface area contributed by atoms with Gasteiger partial charge in [0.15, 0.2) is 0 Å². The summed E-state index contributed by atoms with van der Waals surface area (Å²) in [5.41, 5.74) is 0.0294. The molecule has 6 nitrogen and oxygen atoms in total. The van der Waals surface area contributed by atoms with Gasteiger partial charge in [-0.25, -0.2) is 4.79 Å². The Balaban J connectivity index is 1.89. The van der Waals surface area contributed by atoms with Gasteiger partial charge in [-0.3, -0.25) is 4.79 Å². The molecule has 2 rings (SSSR count). The predicted molar refractivity (Wildman–Crippen MR) is 79.1 cm³/mol. The van der Waals surface area contributed by atoms with E-state index in [0.29, 0.717) is 18.8 Å². The van der Waals surface area contributed by atoms with Crippen LogP contribution in [0.3, 0.4) is 0 Å². The summed E-state index contributed by atoms with van der Waals surface area (Å²) in [6, 6.07) is 3.47. The van der Waals surface area contributed by atoms with Gasteiger partial charge in [0.05, 0.1) is 0 Å². The van der Waals surface area contributed by atoms with Gasteiger partial charge in [0, 0.05) is 25.3 Å². The first kappa shape index (κ1) is 15.4. The molecular formula is C15H23N3O3. The van der Waals surface area contributed by atoms with Gasteiger partial charge in [-0.2, -0.15) is 0 Å². The molecule has 1 aliphatic rings. The maximum atomic E-state index is 12.1. The number of H-pyrrole nitrogens is 1. The van der Waals surface area contributed by atoms with Crippen molar-refractivity contribution in [3.05, 3.63) is 24.0 Å². The SMILES string of the molecule is CC(C)(C)OC(=O)N1CCC[C@H](NC(=O)c2ccc[nH]2)C1. The number of nitrogens with zero attached hydrogens (tertiary/aromatic N) is 1. The molecule has 0 spiro atoms. The summed E-state index contributed by atoms with van der Waals surface area (Å²) < 4.78 is 5.37. The first-order valence-corrected chi connectivity index (χ1v) is 7.27. The number of carbonyl (C=O) groups is 2. The Kier molecular flexibility index (Phi) is 4.55. The number of piperidine rings is 1.